The molecule has 9 heteroatoms. The van der Waals surface area contributed by atoms with Gasteiger partial charge in [-0.25, -0.2) is 13.2 Å². The summed E-state index contributed by atoms with van der Waals surface area (Å²) in [5, 5.41) is 0.382. The van der Waals surface area contributed by atoms with Crippen LogP contribution in [0.3, 0.4) is 0 Å². The molecule has 0 spiro atoms. The summed E-state index contributed by atoms with van der Waals surface area (Å²) in [7, 11) is -1.45. The maximum absolute atomic E-state index is 12.6. The molecule has 128 valence electrons. The van der Waals surface area contributed by atoms with Gasteiger partial charge in [-0.15, -0.1) is 0 Å². The van der Waals surface area contributed by atoms with Crippen molar-refractivity contribution in [1.29, 1.82) is 0 Å². The number of sulfonamides is 1. The summed E-state index contributed by atoms with van der Waals surface area (Å²) >= 11 is 11.8. The van der Waals surface area contributed by atoms with Crippen LogP contribution in [-0.4, -0.2) is 28.6 Å². The Kier molecular flexibility index (Phi) is 5.58. The van der Waals surface area contributed by atoms with Crippen LogP contribution in [0.2, 0.25) is 10.0 Å². The minimum Gasteiger partial charge on any atom is -0.495 e. The molecule has 6 nitrogen and oxygen atoms in total. The second-order valence-electron chi connectivity index (χ2n) is 4.59. The quantitative estimate of drug-likeness (QED) is 0.790. The smallest absolute Gasteiger partial charge is 0.339 e. The lowest BCUT2D eigenvalue weighted by molar-refractivity contribution is 0.0601. The number of carbonyl (C=O) groups is 1. The molecule has 0 bridgehead atoms. The van der Waals surface area contributed by atoms with Crippen LogP contribution in [0.15, 0.2) is 41.3 Å². The molecule has 0 radical (unpaired) electrons. The van der Waals surface area contributed by atoms with E-state index in [1.54, 1.807) is 0 Å². The standard InChI is InChI=1S/C15H13Cl2NO5S/c1-22-13-6-3-9(16)7-14(13)24(20,21)18-10-4-5-12(17)11(8-10)15(19)23-2/h3-8,18H,1-2H3. The first-order valence-electron chi connectivity index (χ1n) is 6.52. The Morgan fingerprint density at radius 2 is 1.79 bits per heavy atom. The zero-order valence-corrected chi connectivity index (χ0v) is 15.0. The Morgan fingerprint density at radius 1 is 1.08 bits per heavy atom. The molecule has 0 atom stereocenters. The van der Waals surface area contributed by atoms with Gasteiger partial charge in [0.05, 0.1) is 24.8 Å². The normalized spacial score (nSPS) is 11.0. The molecule has 0 aromatic heterocycles. The number of halogens is 2. The Labute approximate surface area is 149 Å². The average molecular weight is 390 g/mol. The lowest BCUT2D eigenvalue weighted by atomic mass is 10.2. The summed E-state index contributed by atoms with van der Waals surface area (Å²) in [6.07, 6.45) is 0. The van der Waals surface area contributed by atoms with E-state index in [0.717, 1.165) is 0 Å². The molecule has 2 rings (SSSR count). The lowest BCUT2D eigenvalue weighted by Gasteiger charge is -2.13. The SMILES string of the molecule is COC(=O)c1cc(NS(=O)(=O)c2cc(Cl)ccc2OC)ccc1Cl. The van der Waals surface area contributed by atoms with E-state index in [0.29, 0.717) is 0 Å². The van der Waals surface area contributed by atoms with Gasteiger partial charge in [0.1, 0.15) is 10.6 Å². The third kappa shape index (κ3) is 3.92. The van der Waals surface area contributed by atoms with E-state index >= 15 is 0 Å². The zero-order chi connectivity index (χ0) is 17.9. The Bertz CT molecular complexity index is 883. The highest BCUT2D eigenvalue weighted by Crippen LogP contribution is 2.29. The first-order valence-corrected chi connectivity index (χ1v) is 8.76. The van der Waals surface area contributed by atoms with Crippen LogP contribution in [0.4, 0.5) is 5.69 Å². The highest BCUT2D eigenvalue weighted by atomic mass is 35.5. The number of esters is 1. The number of carbonyl (C=O) groups excluding carboxylic acids is 1. The van der Waals surface area contributed by atoms with E-state index in [2.05, 4.69) is 9.46 Å². The largest absolute Gasteiger partial charge is 0.495 e. The van der Waals surface area contributed by atoms with Crippen molar-refractivity contribution in [2.75, 3.05) is 18.9 Å². The van der Waals surface area contributed by atoms with Crippen LogP contribution < -0.4 is 9.46 Å². The van der Waals surface area contributed by atoms with Crippen molar-refractivity contribution >= 4 is 44.9 Å². The van der Waals surface area contributed by atoms with Crippen LogP contribution in [-0.2, 0) is 14.8 Å². The number of nitrogens with one attached hydrogen (secondary N) is 1. The molecule has 0 aliphatic carbocycles. The Hall–Kier alpha value is -1.96. The molecule has 0 heterocycles. The van der Waals surface area contributed by atoms with Gasteiger partial charge in [0, 0.05) is 10.7 Å². The van der Waals surface area contributed by atoms with Crippen LogP contribution in [0, 0.1) is 0 Å². The van der Waals surface area contributed by atoms with Gasteiger partial charge in [-0.05, 0) is 36.4 Å². The van der Waals surface area contributed by atoms with Gasteiger partial charge in [-0.3, -0.25) is 4.72 Å². The van der Waals surface area contributed by atoms with Crippen molar-refractivity contribution in [3.05, 3.63) is 52.0 Å². The highest BCUT2D eigenvalue weighted by molar-refractivity contribution is 7.92. The van der Waals surface area contributed by atoms with Crippen molar-refractivity contribution in [3.63, 3.8) is 0 Å². The van der Waals surface area contributed by atoms with Gasteiger partial charge in [-0.2, -0.15) is 0 Å². The Balaban J connectivity index is 2.44. The molecule has 2 aromatic rings. The summed E-state index contributed by atoms with van der Waals surface area (Å²) in [6.45, 7) is 0. The molecule has 0 aliphatic rings. The first-order chi connectivity index (χ1) is 11.3. The second-order valence-corrected chi connectivity index (χ2v) is 7.08. The maximum Gasteiger partial charge on any atom is 0.339 e. The van der Waals surface area contributed by atoms with E-state index in [4.69, 9.17) is 27.9 Å². The van der Waals surface area contributed by atoms with Crippen molar-refractivity contribution in [1.82, 2.24) is 0 Å². The number of hydrogen-bond donors (Lipinski definition) is 1. The number of rotatable bonds is 5. The van der Waals surface area contributed by atoms with Crippen LogP contribution >= 0.6 is 23.2 Å². The summed E-state index contributed by atoms with van der Waals surface area (Å²) in [5.74, 6) is -0.546. The van der Waals surface area contributed by atoms with E-state index < -0.39 is 16.0 Å². The van der Waals surface area contributed by atoms with E-state index in [1.807, 2.05) is 0 Å². The predicted octanol–water partition coefficient (Wildman–Crippen LogP) is 3.59. The van der Waals surface area contributed by atoms with E-state index in [1.165, 1.54) is 50.6 Å². The van der Waals surface area contributed by atoms with Gasteiger partial charge in [-0.1, -0.05) is 23.2 Å². The van der Waals surface area contributed by atoms with Gasteiger partial charge in [0.2, 0.25) is 0 Å². The molecule has 24 heavy (non-hydrogen) atoms. The molecule has 0 saturated heterocycles. The Morgan fingerprint density at radius 3 is 2.42 bits per heavy atom. The van der Waals surface area contributed by atoms with Crippen molar-refractivity contribution < 1.29 is 22.7 Å². The summed E-state index contributed by atoms with van der Waals surface area (Å²) in [5.41, 5.74) is 0.180. The van der Waals surface area contributed by atoms with Crippen molar-refractivity contribution in [2.24, 2.45) is 0 Å². The molecule has 0 fully saturated rings. The van der Waals surface area contributed by atoms with Gasteiger partial charge >= 0.3 is 5.97 Å². The first kappa shape index (κ1) is 18.4. The average Bonchev–Trinajstić information content (AvgIpc) is 2.55. The minimum atomic E-state index is -4.00. The third-order valence-corrected chi connectivity index (χ3v) is 5.01. The van der Waals surface area contributed by atoms with E-state index in [9.17, 15) is 13.2 Å². The van der Waals surface area contributed by atoms with Crippen LogP contribution in [0.5, 0.6) is 5.75 Å². The molecule has 0 unspecified atom stereocenters. The molecule has 2 aromatic carbocycles. The molecule has 0 saturated carbocycles. The number of benzene rings is 2. The number of ether oxygens (including phenoxy) is 2. The molecule has 0 amide bonds. The lowest BCUT2D eigenvalue weighted by Crippen LogP contribution is -2.15. The van der Waals surface area contributed by atoms with Crippen molar-refractivity contribution in [2.45, 2.75) is 4.90 Å². The fourth-order valence-corrected chi connectivity index (χ4v) is 3.60. The molecular formula is C15H13Cl2NO5S. The van der Waals surface area contributed by atoms with Crippen LogP contribution in [0.1, 0.15) is 10.4 Å². The predicted molar refractivity (Wildman–Crippen MR) is 91.6 cm³/mol. The summed E-state index contributed by atoms with van der Waals surface area (Å²) < 4.78 is 37.1. The van der Waals surface area contributed by atoms with Gasteiger partial charge in [0.25, 0.3) is 10.0 Å². The number of hydrogen-bond acceptors (Lipinski definition) is 5. The fourth-order valence-electron chi connectivity index (χ4n) is 1.93. The van der Waals surface area contributed by atoms with Gasteiger partial charge < -0.3 is 9.47 Å². The maximum atomic E-state index is 12.6. The van der Waals surface area contributed by atoms with Gasteiger partial charge in [0.15, 0.2) is 0 Å². The fraction of sp³-hybridized carbons (Fsp3) is 0.133. The van der Waals surface area contributed by atoms with Crippen molar-refractivity contribution in [3.8, 4) is 5.75 Å². The topological polar surface area (TPSA) is 81.7 Å². The summed E-state index contributed by atoms with van der Waals surface area (Å²) in [4.78, 5) is 11.5. The number of methoxy groups -OCH3 is 2. The minimum absolute atomic E-state index is 0.0393. The molecular weight excluding hydrogens is 377 g/mol. The third-order valence-electron chi connectivity index (χ3n) is 3.04. The highest BCUT2D eigenvalue weighted by Gasteiger charge is 2.21. The van der Waals surface area contributed by atoms with E-state index in [-0.39, 0.29) is 31.9 Å². The second kappa shape index (κ2) is 7.29. The zero-order valence-electron chi connectivity index (χ0n) is 12.7. The molecule has 0 aliphatic heterocycles. The monoisotopic (exact) mass is 389 g/mol. The molecule has 1 N–H and O–H groups in total. The van der Waals surface area contributed by atoms with Crippen LogP contribution in [0.25, 0.3) is 0 Å². The number of anilines is 1. The summed E-state index contributed by atoms with van der Waals surface area (Å²) in [6, 6.07) is 8.31.